The van der Waals surface area contributed by atoms with Crippen molar-refractivity contribution in [2.75, 3.05) is 5.73 Å². The third-order valence-electron chi connectivity index (χ3n) is 4.13. The van der Waals surface area contributed by atoms with Crippen LogP contribution in [-0.2, 0) is 7.05 Å². The molecule has 122 valence electrons. The molecule has 0 atom stereocenters. The molecule has 0 saturated carbocycles. The van der Waals surface area contributed by atoms with Crippen LogP contribution in [0.15, 0.2) is 73.1 Å². The number of benzene rings is 1. The van der Waals surface area contributed by atoms with Crippen molar-refractivity contribution >= 4 is 5.82 Å². The molecule has 0 saturated heterocycles. The highest BCUT2D eigenvalue weighted by Gasteiger charge is 2.17. The van der Waals surface area contributed by atoms with Gasteiger partial charge in [-0.1, -0.05) is 36.4 Å². The zero-order valence-electron chi connectivity index (χ0n) is 13.8. The summed E-state index contributed by atoms with van der Waals surface area (Å²) in [5.41, 5.74) is 11.7. The van der Waals surface area contributed by atoms with Crippen LogP contribution in [0.3, 0.4) is 0 Å². The molecule has 0 bridgehead atoms. The Morgan fingerprint density at radius 2 is 1.64 bits per heavy atom. The monoisotopic (exact) mass is 327 g/mol. The molecule has 3 aromatic heterocycles. The number of hydrogen-bond acceptors (Lipinski definition) is 4. The van der Waals surface area contributed by atoms with E-state index in [1.807, 2.05) is 60.3 Å². The second-order valence-electron chi connectivity index (χ2n) is 5.74. The van der Waals surface area contributed by atoms with Crippen molar-refractivity contribution in [2.24, 2.45) is 7.05 Å². The highest BCUT2D eigenvalue weighted by Crippen LogP contribution is 2.35. The summed E-state index contributed by atoms with van der Waals surface area (Å²) in [6.07, 6.45) is 3.50. The Morgan fingerprint density at radius 1 is 0.840 bits per heavy atom. The van der Waals surface area contributed by atoms with Crippen LogP contribution in [0.4, 0.5) is 5.82 Å². The predicted octanol–water partition coefficient (Wildman–Crippen LogP) is 3.79. The largest absolute Gasteiger partial charge is 0.383 e. The summed E-state index contributed by atoms with van der Waals surface area (Å²) in [5.74, 6) is 0.465. The van der Waals surface area contributed by atoms with Crippen LogP contribution in [0, 0.1) is 0 Å². The van der Waals surface area contributed by atoms with Crippen LogP contribution in [0.5, 0.6) is 0 Å². The first kappa shape index (κ1) is 15.1. The van der Waals surface area contributed by atoms with Crippen molar-refractivity contribution in [2.45, 2.75) is 0 Å². The third kappa shape index (κ3) is 2.76. The van der Waals surface area contributed by atoms with E-state index in [1.165, 1.54) is 0 Å². The molecule has 0 amide bonds. The Morgan fingerprint density at radius 3 is 2.40 bits per heavy atom. The lowest BCUT2D eigenvalue weighted by Gasteiger charge is -2.09. The van der Waals surface area contributed by atoms with Crippen molar-refractivity contribution in [1.29, 1.82) is 0 Å². The molecule has 2 N–H and O–H groups in total. The van der Waals surface area contributed by atoms with Crippen molar-refractivity contribution in [3.05, 3.63) is 73.1 Å². The number of pyridine rings is 2. The molecule has 4 rings (SSSR count). The Kier molecular flexibility index (Phi) is 3.74. The van der Waals surface area contributed by atoms with E-state index < -0.39 is 0 Å². The molecule has 4 aromatic rings. The maximum absolute atomic E-state index is 6.21. The average Bonchev–Trinajstić information content (AvgIpc) is 3.04. The van der Waals surface area contributed by atoms with E-state index in [0.29, 0.717) is 5.82 Å². The Hall–Kier alpha value is -3.47. The van der Waals surface area contributed by atoms with E-state index in [-0.39, 0.29) is 0 Å². The first-order valence-corrected chi connectivity index (χ1v) is 8.00. The fourth-order valence-electron chi connectivity index (χ4n) is 2.95. The van der Waals surface area contributed by atoms with Crippen LogP contribution in [0.25, 0.3) is 33.8 Å². The van der Waals surface area contributed by atoms with E-state index in [2.05, 4.69) is 27.2 Å². The van der Waals surface area contributed by atoms with Crippen LogP contribution >= 0.6 is 0 Å². The lowest BCUT2D eigenvalue weighted by molar-refractivity contribution is 0.776. The van der Waals surface area contributed by atoms with Gasteiger partial charge in [0.25, 0.3) is 0 Å². The summed E-state index contributed by atoms with van der Waals surface area (Å²) in [5, 5.41) is 4.66. The fourth-order valence-corrected chi connectivity index (χ4v) is 2.95. The van der Waals surface area contributed by atoms with Crippen molar-refractivity contribution < 1.29 is 0 Å². The number of nitrogens with zero attached hydrogens (tertiary/aromatic N) is 4. The van der Waals surface area contributed by atoms with Crippen LogP contribution in [0.2, 0.25) is 0 Å². The molecule has 0 aliphatic rings. The van der Waals surface area contributed by atoms with Gasteiger partial charge in [-0.15, -0.1) is 0 Å². The topological polar surface area (TPSA) is 69.6 Å². The molecule has 25 heavy (non-hydrogen) atoms. The maximum atomic E-state index is 6.21. The second kappa shape index (κ2) is 6.20. The number of aromatic nitrogens is 4. The van der Waals surface area contributed by atoms with Gasteiger partial charge in [0.2, 0.25) is 0 Å². The summed E-state index contributed by atoms with van der Waals surface area (Å²) in [6.45, 7) is 0. The number of hydrogen-bond donors (Lipinski definition) is 1. The number of rotatable bonds is 3. The molecule has 0 fully saturated rings. The number of nitrogens with two attached hydrogens (primary N) is 1. The van der Waals surface area contributed by atoms with Crippen molar-refractivity contribution in [3.63, 3.8) is 0 Å². The first-order chi connectivity index (χ1) is 12.2. The smallest absolute Gasteiger partial charge is 0.133 e. The zero-order valence-corrected chi connectivity index (χ0v) is 13.8. The molecule has 0 aliphatic heterocycles. The Labute approximate surface area is 145 Å². The quantitative estimate of drug-likeness (QED) is 0.621. The molecule has 5 heteroatoms. The third-order valence-corrected chi connectivity index (χ3v) is 4.13. The second-order valence-corrected chi connectivity index (χ2v) is 5.74. The number of nitrogen functional groups attached to an aromatic ring is 1. The molecule has 0 spiro atoms. The molecular formula is C20H17N5. The van der Waals surface area contributed by atoms with E-state index >= 15 is 0 Å². The zero-order chi connectivity index (χ0) is 17.2. The van der Waals surface area contributed by atoms with E-state index in [4.69, 9.17) is 5.73 Å². The highest BCUT2D eigenvalue weighted by molar-refractivity contribution is 5.88. The molecular weight excluding hydrogens is 310 g/mol. The molecule has 5 nitrogen and oxygen atoms in total. The molecule has 0 aliphatic carbocycles. The average molecular weight is 327 g/mol. The molecule has 0 unspecified atom stereocenters. The minimum Gasteiger partial charge on any atom is -0.383 e. The van der Waals surface area contributed by atoms with Crippen LogP contribution in [0.1, 0.15) is 0 Å². The lowest BCUT2D eigenvalue weighted by atomic mass is 9.98. The van der Waals surface area contributed by atoms with Gasteiger partial charge in [0.05, 0.1) is 22.6 Å². The summed E-state index contributed by atoms with van der Waals surface area (Å²) in [7, 11) is 1.91. The van der Waals surface area contributed by atoms with Crippen molar-refractivity contribution in [3.8, 4) is 33.8 Å². The van der Waals surface area contributed by atoms with E-state index in [9.17, 15) is 0 Å². The SMILES string of the molecule is Cn1nc(-c2c(-c3ccccc3)ccnc2N)cc1-c1ccccn1. The summed E-state index contributed by atoms with van der Waals surface area (Å²) in [6, 6.07) is 19.9. The van der Waals surface area contributed by atoms with Gasteiger partial charge >= 0.3 is 0 Å². The van der Waals surface area contributed by atoms with Gasteiger partial charge < -0.3 is 5.73 Å². The van der Waals surface area contributed by atoms with Gasteiger partial charge in [-0.25, -0.2) is 4.98 Å². The normalized spacial score (nSPS) is 10.8. The van der Waals surface area contributed by atoms with Crippen LogP contribution in [-0.4, -0.2) is 19.7 Å². The predicted molar refractivity (Wildman–Crippen MR) is 99.5 cm³/mol. The van der Waals surface area contributed by atoms with Gasteiger partial charge in [-0.3, -0.25) is 9.67 Å². The van der Waals surface area contributed by atoms with Gasteiger partial charge in [0.15, 0.2) is 0 Å². The fraction of sp³-hybridized carbons (Fsp3) is 0.0500. The standard InChI is InChI=1S/C20H17N5/c1-25-18(16-9-5-6-11-22-16)13-17(24-25)19-15(10-12-23-20(19)21)14-7-3-2-4-8-14/h2-13H,1H3,(H2,21,23). The number of aryl methyl sites for hydroxylation is 1. The van der Waals surface area contributed by atoms with Gasteiger partial charge in [-0.05, 0) is 35.4 Å². The Bertz CT molecular complexity index is 1010. The lowest BCUT2D eigenvalue weighted by Crippen LogP contribution is -1.98. The molecule has 1 aromatic carbocycles. The van der Waals surface area contributed by atoms with Crippen molar-refractivity contribution in [1.82, 2.24) is 19.7 Å². The first-order valence-electron chi connectivity index (χ1n) is 8.00. The molecule has 3 heterocycles. The number of anilines is 1. The van der Waals surface area contributed by atoms with E-state index in [0.717, 1.165) is 33.8 Å². The Balaban J connectivity index is 1.89. The maximum Gasteiger partial charge on any atom is 0.133 e. The van der Waals surface area contributed by atoms with E-state index in [1.54, 1.807) is 12.4 Å². The minimum absolute atomic E-state index is 0.465. The summed E-state index contributed by atoms with van der Waals surface area (Å²) < 4.78 is 1.82. The summed E-state index contributed by atoms with van der Waals surface area (Å²) in [4.78, 5) is 8.68. The van der Waals surface area contributed by atoms with Gasteiger partial charge in [0.1, 0.15) is 5.82 Å². The highest BCUT2D eigenvalue weighted by atomic mass is 15.3. The van der Waals surface area contributed by atoms with Crippen LogP contribution < -0.4 is 5.73 Å². The summed E-state index contributed by atoms with van der Waals surface area (Å²) >= 11 is 0. The minimum atomic E-state index is 0.465. The van der Waals surface area contributed by atoms with Gasteiger partial charge in [-0.2, -0.15) is 5.10 Å². The molecule has 0 radical (unpaired) electrons. The van der Waals surface area contributed by atoms with Gasteiger partial charge in [0, 0.05) is 19.4 Å².